The fourth-order valence-corrected chi connectivity index (χ4v) is 1.62. The lowest BCUT2D eigenvalue weighted by Crippen LogP contribution is -1.99. The summed E-state index contributed by atoms with van der Waals surface area (Å²) < 4.78 is 0. The Bertz CT molecular complexity index is 454. The van der Waals surface area contributed by atoms with Crippen LogP contribution in [0.5, 0.6) is 0 Å². The van der Waals surface area contributed by atoms with Crippen molar-refractivity contribution in [1.82, 2.24) is 9.97 Å². The maximum atomic E-state index is 10.6. The number of nitrogens with zero attached hydrogens (tertiary/aromatic N) is 2. The predicted molar refractivity (Wildman–Crippen MR) is 52.3 cm³/mol. The van der Waals surface area contributed by atoms with E-state index in [-0.39, 0.29) is 5.69 Å². The highest BCUT2D eigenvalue weighted by Crippen LogP contribution is 2.20. The molecule has 0 radical (unpaired) electrons. The molecule has 0 saturated carbocycles. The van der Waals surface area contributed by atoms with E-state index in [1.165, 1.54) is 17.4 Å². The molecule has 0 atom stereocenters. The zero-order valence-electron chi connectivity index (χ0n) is 7.04. The Kier molecular flexibility index (Phi) is 2.24. The molecule has 2 aromatic heterocycles. The van der Waals surface area contributed by atoms with Crippen molar-refractivity contribution in [1.29, 1.82) is 0 Å². The molecule has 0 saturated heterocycles. The predicted octanol–water partition coefficient (Wildman–Crippen LogP) is 1.90. The molecule has 4 nitrogen and oxygen atoms in total. The number of carboxylic acid groups (broad SMARTS) is 1. The molecule has 2 heterocycles. The number of hydrogen-bond acceptors (Lipinski definition) is 4. The third kappa shape index (κ3) is 1.62. The molecule has 0 amide bonds. The normalized spacial score (nSPS) is 10.0. The van der Waals surface area contributed by atoms with Crippen LogP contribution in [-0.2, 0) is 0 Å². The summed E-state index contributed by atoms with van der Waals surface area (Å²) in [7, 11) is 0. The summed E-state index contributed by atoms with van der Waals surface area (Å²) in [6, 6.07) is 4.90. The van der Waals surface area contributed by atoms with Crippen LogP contribution in [0.1, 0.15) is 10.5 Å². The molecule has 70 valence electrons. The van der Waals surface area contributed by atoms with Gasteiger partial charge in [0, 0.05) is 6.20 Å². The van der Waals surface area contributed by atoms with Gasteiger partial charge in [-0.05, 0) is 12.1 Å². The van der Waals surface area contributed by atoms with E-state index in [1.807, 2.05) is 0 Å². The van der Waals surface area contributed by atoms with Gasteiger partial charge in [-0.1, -0.05) is 6.07 Å². The summed E-state index contributed by atoms with van der Waals surface area (Å²) in [6.45, 7) is 0. The summed E-state index contributed by atoms with van der Waals surface area (Å²) >= 11 is 1.43. The van der Waals surface area contributed by atoms with E-state index in [2.05, 4.69) is 9.97 Å². The van der Waals surface area contributed by atoms with Crippen LogP contribution in [-0.4, -0.2) is 21.0 Å². The highest BCUT2D eigenvalue weighted by Gasteiger charge is 2.06. The van der Waals surface area contributed by atoms with Crippen LogP contribution in [0.3, 0.4) is 0 Å². The first-order valence-electron chi connectivity index (χ1n) is 3.86. The van der Waals surface area contributed by atoms with Gasteiger partial charge >= 0.3 is 5.97 Å². The second-order valence-electron chi connectivity index (χ2n) is 2.58. The number of carbonyl (C=O) groups is 1. The Morgan fingerprint density at radius 3 is 2.93 bits per heavy atom. The van der Waals surface area contributed by atoms with Crippen molar-refractivity contribution in [3.8, 4) is 10.6 Å². The molecular weight excluding hydrogens is 200 g/mol. The van der Waals surface area contributed by atoms with E-state index in [0.29, 0.717) is 5.69 Å². The summed E-state index contributed by atoms with van der Waals surface area (Å²) in [5.74, 6) is -1.02. The Morgan fingerprint density at radius 1 is 1.43 bits per heavy atom. The van der Waals surface area contributed by atoms with E-state index >= 15 is 0 Å². The van der Waals surface area contributed by atoms with E-state index in [9.17, 15) is 4.79 Å². The first-order valence-corrected chi connectivity index (χ1v) is 4.74. The van der Waals surface area contributed by atoms with Crippen molar-refractivity contribution in [3.05, 3.63) is 35.6 Å². The number of carboxylic acids is 1. The second kappa shape index (κ2) is 3.55. The smallest absolute Gasteiger partial charge is 0.354 e. The van der Waals surface area contributed by atoms with Gasteiger partial charge in [-0.2, -0.15) is 0 Å². The number of hydrogen-bond donors (Lipinski definition) is 1. The van der Waals surface area contributed by atoms with Gasteiger partial charge in [-0.3, -0.25) is 4.98 Å². The monoisotopic (exact) mass is 206 g/mol. The number of pyridine rings is 1. The zero-order valence-corrected chi connectivity index (χ0v) is 7.86. The topological polar surface area (TPSA) is 63.1 Å². The number of rotatable bonds is 2. The van der Waals surface area contributed by atoms with Crippen LogP contribution in [0.25, 0.3) is 10.6 Å². The number of aromatic carboxylic acids is 1. The molecule has 1 N–H and O–H groups in total. The Morgan fingerprint density at radius 2 is 2.29 bits per heavy atom. The first kappa shape index (κ1) is 8.83. The molecule has 0 aromatic carbocycles. The van der Waals surface area contributed by atoms with Gasteiger partial charge in [-0.25, -0.2) is 9.78 Å². The average Bonchev–Trinajstić information content (AvgIpc) is 2.71. The van der Waals surface area contributed by atoms with Crippen LogP contribution in [0.15, 0.2) is 29.9 Å². The molecule has 0 aliphatic carbocycles. The molecule has 0 aliphatic rings. The van der Waals surface area contributed by atoms with E-state index in [1.54, 1.807) is 23.8 Å². The van der Waals surface area contributed by atoms with E-state index in [4.69, 9.17) is 5.11 Å². The fraction of sp³-hybridized carbons (Fsp3) is 0. The van der Waals surface area contributed by atoms with Crippen molar-refractivity contribution in [2.45, 2.75) is 0 Å². The molecule has 5 heteroatoms. The van der Waals surface area contributed by atoms with Crippen molar-refractivity contribution >= 4 is 17.3 Å². The molecule has 0 unspecified atom stereocenters. The van der Waals surface area contributed by atoms with Crippen LogP contribution >= 0.6 is 11.3 Å². The third-order valence-electron chi connectivity index (χ3n) is 1.65. The maximum absolute atomic E-state index is 10.6. The van der Waals surface area contributed by atoms with Gasteiger partial charge in [0.05, 0.1) is 16.1 Å². The Balaban J connectivity index is 2.46. The van der Waals surface area contributed by atoms with Crippen molar-refractivity contribution in [2.24, 2.45) is 0 Å². The fourth-order valence-electron chi connectivity index (χ4n) is 1.03. The lowest BCUT2D eigenvalue weighted by atomic mass is 10.3. The number of aromatic nitrogens is 2. The average molecular weight is 206 g/mol. The Hall–Kier alpha value is -1.75. The molecule has 0 fully saturated rings. The Labute approximate surface area is 83.9 Å². The summed E-state index contributed by atoms with van der Waals surface area (Å²) in [5.41, 5.74) is 2.38. The number of thiazole rings is 1. The molecular formula is C9H6N2O2S. The van der Waals surface area contributed by atoms with E-state index < -0.39 is 5.97 Å². The first-order chi connectivity index (χ1) is 6.77. The van der Waals surface area contributed by atoms with Gasteiger partial charge in [0.15, 0.2) is 0 Å². The minimum atomic E-state index is -1.02. The van der Waals surface area contributed by atoms with Crippen LogP contribution in [0.2, 0.25) is 0 Å². The molecule has 0 bridgehead atoms. The molecule has 2 rings (SSSR count). The highest BCUT2D eigenvalue weighted by atomic mass is 32.1. The van der Waals surface area contributed by atoms with Gasteiger partial charge in [0.1, 0.15) is 5.69 Å². The van der Waals surface area contributed by atoms with Crippen LogP contribution in [0, 0.1) is 0 Å². The molecule has 14 heavy (non-hydrogen) atoms. The lowest BCUT2D eigenvalue weighted by Gasteiger charge is -1.97. The van der Waals surface area contributed by atoms with Crippen molar-refractivity contribution < 1.29 is 9.90 Å². The van der Waals surface area contributed by atoms with Crippen LogP contribution < -0.4 is 0 Å². The van der Waals surface area contributed by atoms with Gasteiger partial charge in [0.25, 0.3) is 0 Å². The summed E-state index contributed by atoms with van der Waals surface area (Å²) in [6.07, 6.45) is 1.67. The SMILES string of the molecule is O=C(O)c1cccc(-c2cncs2)n1. The zero-order chi connectivity index (χ0) is 9.97. The summed E-state index contributed by atoms with van der Waals surface area (Å²) in [4.78, 5) is 19.4. The van der Waals surface area contributed by atoms with Crippen LogP contribution in [0.4, 0.5) is 0 Å². The highest BCUT2D eigenvalue weighted by molar-refractivity contribution is 7.13. The molecule has 0 spiro atoms. The quantitative estimate of drug-likeness (QED) is 0.815. The third-order valence-corrected chi connectivity index (χ3v) is 2.45. The minimum Gasteiger partial charge on any atom is -0.477 e. The second-order valence-corrected chi connectivity index (χ2v) is 3.47. The van der Waals surface area contributed by atoms with Crippen molar-refractivity contribution in [3.63, 3.8) is 0 Å². The molecule has 0 aliphatic heterocycles. The van der Waals surface area contributed by atoms with Gasteiger partial charge in [0.2, 0.25) is 0 Å². The largest absolute Gasteiger partial charge is 0.477 e. The maximum Gasteiger partial charge on any atom is 0.354 e. The minimum absolute atomic E-state index is 0.0518. The summed E-state index contributed by atoms with van der Waals surface area (Å²) in [5, 5.41) is 8.73. The van der Waals surface area contributed by atoms with Crippen molar-refractivity contribution in [2.75, 3.05) is 0 Å². The standard InChI is InChI=1S/C9H6N2O2S/c12-9(13)7-3-1-2-6(11-7)8-4-10-5-14-8/h1-5H,(H,12,13). The molecule has 2 aromatic rings. The van der Waals surface area contributed by atoms with Gasteiger partial charge < -0.3 is 5.11 Å². The van der Waals surface area contributed by atoms with E-state index in [0.717, 1.165) is 4.88 Å². The van der Waals surface area contributed by atoms with Gasteiger partial charge in [-0.15, -0.1) is 11.3 Å². The lowest BCUT2D eigenvalue weighted by molar-refractivity contribution is 0.0690.